The van der Waals surface area contributed by atoms with E-state index in [4.69, 9.17) is 4.74 Å². The number of hydrogen-bond donors (Lipinski definition) is 1. The van der Waals surface area contributed by atoms with Crippen molar-refractivity contribution < 1.29 is 17.9 Å². The molecule has 1 aliphatic rings. The van der Waals surface area contributed by atoms with Gasteiger partial charge in [0.1, 0.15) is 12.4 Å². The molecule has 1 heterocycles. The molecule has 33 heavy (non-hydrogen) atoms. The summed E-state index contributed by atoms with van der Waals surface area (Å²) in [5.41, 5.74) is 1.90. The highest BCUT2D eigenvalue weighted by Crippen LogP contribution is 2.27. The highest BCUT2D eigenvalue weighted by molar-refractivity contribution is 7.98. The van der Waals surface area contributed by atoms with Crippen LogP contribution in [0.15, 0.2) is 82.6 Å². The van der Waals surface area contributed by atoms with E-state index in [0.717, 1.165) is 23.3 Å². The topological polar surface area (TPSA) is 75.7 Å². The fourth-order valence-corrected chi connectivity index (χ4v) is 5.34. The van der Waals surface area contributed by atoms with Crippen molar-refractivity contribution >= 4 is 33.4 Å². The second-order valence-corrected chi connectivity index (χ2v) is 10.3. The predicted octanol–water partition coefficient (Wildman–Crippen LogP) is 5.02. The highest BCUT2D eigenvalue weighted by atomic mass is 32.2. The molecule has 0 bridgehead atoms. The number of nitrogens with zero attached hydrogens (tertiary/aromatic N) is 1. The zero-order chi connectivity index (χ0) is 23.3. The van der Waals surface area contributed by atoms with Crippen LogP contribution >= 0.6 is 11.8 Å². The maximum absolute atomic E-state index is 13.0. The van der Waals surface area contributed by atoms with Crippen molar-refractivity contribution in [3.05, 3.63) is 83.9 Å². The lowest BCUT2D eigenvalue weighted by Crippen LogP contribution is -2.28. The van der Waals surface area contributed by atoms with Crippen LogP contribution in [0.2, 0.25) is 0 Å². The Morgan fingerprint density at radius 1 is 1.00 bits per heavy atom. The van der Waals surface area contributed by atoms with Gasteiger partial charge in [0.25, 0.3) is 15.9 Å². The molecule has 0 aromatic heterocycles. The fourth-order valence-electron chi connectivity index (χ4n) is 3.69. The Balaban J connectivity index is 1.47. The summed E-state index contributed by atoms with van der Waals surface area (Å²) in [5, 5.41) is 0. The predicted molar refractivity (Wildman–Crippen MR) is 131 cm³/mol. The van der Waals surface area contributed by atoms with E-state index in [1.54, 1.807) is 35.2 Å². The van der Waals surface area contributed by atoms with Crippen molar-refractivity contribution in [1.29, 1.82) is 0 Å². The van der Waals surface area contributed by atoms with E-state index in [0.29, 0.717) is 36.7 Å². The van der Waals surface area contributed by atoms with Crippen LogP contribution < -0.4 is 9.46 Å². The van der Waals surface area contributed by atoms with E-state index >= 15 is 0 Å². The van der Waals surface area contributed by atoms with E-state index in [2.05, 4.69) is 4.72 Å². The van der Waals surface area contributed by atoms with Crippen LogP contribution in [0.25, 0.3) is 0 Å². The van der Waals surface area contributed by atoms with E-state index in [1.165, 1.54) is 23.9 Å². The number of nitrogens with one attached hydrogen (secondary N) is 1. The van der Waals surface area contributed by atoms with Gasteiger partial charge in [0.05, 0.1) is 10.5 Å². The van der Waals surface area contributed by atoms with Crippen LogP contribution in [0.1, 0.15) is 28.8 Å². The normalized spacial score (nSPS) is 13.7. The molecule has 8 heteroatoms. The lowest BCUT2D eigenvalue weighted by molar-refractivity contribution is 0.0789. The second kappa shape index (κ2) is 10.3. The number of hydrogen-bond acceptors (Lipinski definition) is 5. The minimum Gasteiger partial charge on any atom is -0.489 e. The molecule has 1 aliphatic heterocycles. The lowest BCUT2D eigenvalue weighted by Gasteiger charge is -2.18. The molecule has 1 amide bonds. The Labute approximate surface area is 199 Å². The molecule has 0 atom stereocenters. The van der Waals surface area contributed by atoms with Gasteiger partial charge in [-0.25, -0.2) is 8.42 Å². The number of carbonyl (C=O) groups excluding carboxylic acids is 1. The van der Waals surface area contributed by atoms with Gasteiger partial charge in [-0.2, -0.15) is 0 Å². The molecule has 4 rings (SSSR count). The molecule has 3 aromatic rings. The Kier molecular flexibility index (Phi) is 7.25. The summed E-state index contributed by atoms with van der Waals surface area (Å²) in [5.74, 6) is 0.526. The van der Waals surface area contributed by atoms with Crippen molar-refractivity contribution in [2.24, 2.45) is 0 Å². The van der Waals surface area contributed by atoms with E-state index in [-0.39, 0.29) is 10.8 Å². The molecule has 0 saturated carbocycles. The molecule has 0 unspecified atom stereocenters. The summed E-state index contributed by atoms with van der Waals surface area (Å²) in [6.45, 7) is 1.85. The standard InChI is InChI=1S/C25H26N2O4S2/c1-32-24-14-13-22(17-23(24)25(28)27-15-5-6-16-27)33(29,30)26-20-9-11-21(12-10-20)31-18-19-7-3-2-4-8-19/h2-4,7-14,17,26H,5-6,15-16,18H2,1H3. The van der Waals surface area contributed by atoms with Crippen LogP contribution in [-0.2, 0) is 16.6 Å². The fraction of sp³-hybridized carbons (Fsp3) is 0.240. The van der Waals surface area contributed by atoms with Gasteiger partial charge in [0.15, 0.2) is 0 Å². The first-order valence-electron chi connectivity index (χ1n) is 10.7. The maximum Gasteiger partial charge on any atom is 0.261 e. The summed E-state index contributed by atoms with van der Waals surface area (Å²) in [4.78, 5) is 15.6. The van der Waals surface area contributed by atoms with Gasteiger partial charge < -0.3 is 9.64 Å². The van der Waals surface area contributed by atoms with E-state index in [9.17, 15) is 13.2 Å². The SMILES string of the molecule is CSc1ccc(S(=O)(=O)Nc2ccc(OCc3ccccc3)cc2)cc1C(=O)N1CCCC1. The number of rotatable bonds is 8. The molecule has 0 aliphatic carbocycles. The van der Waals surface area contributed by atoms with Crippen molar-refractivity contribution in [2.45, 2.75) is 29.2 Å². The Morgan fingerprint density at radius 3 is 2.36 bits per heavy atom. The zero-order valence-corrected chi connectivity index (χ0v) is 20.0. The number of thioether (sulfide) groups is 1. The van der Waals surface area contributed by atoms with Gasteiger partial charge >= 0.3 is 0 Å². The van der Waals surface area contributed by atoms with Gasteiger partial charge in [0, 0.05) is 23.7 Å². The molecule has 3 aromatic carbocycles. The van der Waals surface area contributed by atoms with E-state index in [1.807, 2.05) is 36.6 Å². The van der Waals surface area contributed by atoms with Gasteiger partial charge in [-0.1, -0.05) is 30.3 Å². The molecule has 0 spiro atoms. The Bertz CT molecular complexity index is 1210. The lowest BCUT2D eigenvalue weighted by atomic mass is 10.2. The van der Waals surface area contributed by atoms with Crippen LogP contribution in [0.5, 0.6) is 5.75 Å². The zero-order valence-electron chi connectivity index (χ0n) is 18.4. The number of carbonyl (C=O) groups is 1. The third kappa shape index (κ3) is 5.69. The smallest absolute Gasteiger partial charge is 0.261 e. The first-order chi connectivity index (χ1) is 16.0. The van der Waals surface area contributed by atoms with Gasteiger partial charge in [-0.3, -0.25) is 9.52 Å². The first kappa shape index (κ1) is 23.2. The number of ether oxygens (including phenoxy) is 1. The first-order valence-corrected chi connectivity index (χ1v) is 13.4. The van der Waals surface area contributed by atoms with Crippen molar-refractivity contribution in [3.8, 4) is 5.75 Å². The number of benzene rings is 3. The monoisotopic (exact) mass is 482 g/mol. The summed E-state index contributed by atoms with van der Waals surface area (Å²) < 4.78 is 34.4. The number of anilines is 1. The average Bonchev–Trinajstić information content (AvgIpc) is 3.38. The average molecular weight is 483 g/mol. The largest absolute Gasteiger partial charge is 0.489 e. The summed E-state index contributed by atoms with van der Waals surface area (Å²) in [7, 11) is -3.86. The van der Waals surface area contributed by atoms with Crippen LogP contribution in [0.4, 0.5) is 5.69 Å². The van der Waals surface area contributed by atoms with Gasteiger partial charge in [0.2, 0.25) is 0 Å². The quantitative estimate of drug-likeness (QED) is 0.456. The third-order valence-electron chi connectivity index (χ3n) is 5.46. The highest BCUT2D eigenvalue weighted by Gasteiger charge is 2.24. The Morgan fingerprint density at radius 2 is 1.70 bits per heavy atom. The molecule has 0 radical (unpaired) electrons. The molecular formula is C25H26N2O4S2. The summed E-state index contributed by atoms with van der Waals surface area (Å²) in [6, 6.07) is 21.3. The summed E-state index contributed by atoms with van der Waals surface area (Å²) in [6.07, 6.45) is 3.83. The second-order valence-electron chi connectivity index (χ2n) is 7.77. The molecular weight excluding hydrogens is 456 g/mol. The molecule has 172 valence electrons. The minimum absolute atomic E-state index is 0.0623. The number of amides is 1. The van der Waals surface area contributed by atoms with Gasteiger partial charge in [-0.05, 0) is 67.1 Å². The van der Waals surface area contributed by atoms with Crippen LogP contribution in [-0.4, -0.2) is 38.6 Å². The number of likely N-dealkylation sites (tertiary alicyclic amines) is 1. The van der Waals surface area contributed by atoms with Crippen molar-refractivity contribution in [1.82, 2.24) is 4.90 Å². The summed E-state index contributed by atoms with van der Waals surface area (Å²) >= 11 is 1.43. The van der Waals surface area contributed by atoms with Crippen molar-refractivity contribution in [3.63, 3.8) is 0 Å². The third-order valence-corrected chi connectivity index (χ3v) is 7.63. The molecule has 6 nitrogen and oxygen atoms in total. The Hall–Kier alpha value is -2.97. The molecule has 1 saturated heterocycles. The minimum atomic E-state index is -3.86. The van der Waals surface area contributed by atoms with E-state index < -0.39 is 10.0 Å². The molecule has 1 N–H and O–H groups in total. The maximum atomic E-state index is 13.0. The molecule has 1 fully saturated rings. The number of sulfonamides is 1. The van der Waals surface area contributed by atoms with Crippen molar-refractivity contribution in [2.75, 3.05) is 24.1 Å². The van der Waals surface area contributed by atoms with Crippen LogP contribution in [0.3, 0.4) is 0 Å². The van der Waals surface area contributed by atoms with Crippen LogP contribution in [0, 0.1) is 0 Å². The van der Waals surface area contributed by atoms with Gasteiger partial charge in [-0.15, -0.1) is 11.8 Å².